The van der Waals surface area contributed by atoms with Gasteiger partial charge < -0.3 is 15.2 Å². The molecule has 2 aromatic rings. The average Bonchev–Trinajstić information content (AvgIpc) is 2.87. The SMILES string of the molecule is CCCc1nsc(Oc2ccc(CN)cc2OC)n1. The van der Waals surface area contributed by atoms with E-state index in [1.807, 2.05) is 18.2 Å². The number of ether oxygens (including phenoxy) is 2. The van der Waals surface area contributed by atoms with Gasteiger partial charge in [0.1, 0.15) is 5.82 Å². The topological polar surface area (TPSA) is 70.3 Å². The Hall–Kier alpha value is -1.66. The van der Waals surface area contributed by atoms with Gasteiger partial charge in [-0.25, -0.2) is 0 Å². The van der Waals surface area contributed by atoms with Crippen LogP contribution in [0.2, 0.25) is 0 Å². The first kappa shape index (κ1) is 13.8. The summed E-state index contributed by atoms with van der Waals surface area (Å²) in [7, 11) is 1.60. The van der Waals surface area contributed by atoms with Crippen LogP contribution >= 0.6 is 11.5 Å². The molecule has 6 heteroatoms. The number of rotatable bonds is 6. The highest BCUT2D eigenvalue weighted by molar-refractivity contribution is 7.07. The molecule has 1 aromatic heterocycles. The van der Waals surface area contributed by atoms with Crippen LogP contribution in [0.3, 0.4) is 0 Å². The molecule has 0 aliphatic rings. The molecule has 0 saturated carbocycles. The van der Waals surface area contributed by atoms with Gasteiger partial charge in [-0.05, 0) is 24.1 Å². The number of aryl methyl sites for hydroxylation is 1. The third-order valence-corrected chi connectivity index (χ3v) is 3.22. The van der Waals surface area contributed by atoms with Crippen LogP contribution in [0.25, 0.3) is 0 Å². The van der Waals surface area contributed by atoms with E-state index in [1.165, 1.54) is 11.5 Å². The maximum Gasteiger partial charge on any atom is 0.298 e. The molecule has 0 atom stereocenters. The van der Waals surface area contributed by atoms with Gasteiger partial charge in [0.05, 0.1) is 7.11 Å². The first-order valence-electron chi connectivity index (χ1n) is 6.14. The third-order valence-electron chi connectivity index (χ3n) is 2.58. The number of hydrogen-bond acceptors (Lipinski definition) is 6. The van der Waals surface area contributed by atoms with Gasteiger partial charge in [0, 0.05) is 24.5 Å². The number of nitrogens with two attached hydrogens (primary N) is 1. The minimum absolute atomic E-state index is 0.468. The standard InChI is InChI=1S/C13H17N3O2S/c1-3-4-12-15-13(19-16-12)18-10-6-5-9(8-14)7-11(10)17-2/h5-7H,3-4,8,14H2,1-2H3. The lowest BCUT2D eigenvalue weighted by atomic mass is 10.2. The minimum Gasteiger partial charge on any atom is -0.493 e. The molecule has 0 aliphatic carbocycles. The molecular formula is C13H17N3O2S. The molecule has 2 rings (SSSR count). The fourth-order valence-corrected chi connectivity index (χ4v) is 2.21. The lowest BCUT2D eigenvalue weighted by molar-refractivity contribution is 0.377. The molecule has 0 saturated heterocycles. The highest BCUT2D eigenvalue weighted by Crippen LogP contribution is 2.32. The van der Waals surface area contributed by atoms with Crippen molar-refractivity contribution in [3.63, 3.8) is 0 Å². The number of methoxy groups -OCH3 is 1. The maximum atomic E-state index is 5.71. The summed E-state index contributed by atoms with van der Waals surface area (Å²) in [5.74, 6) is 2.09. The number of hydrogen-bond donors (Lipinski definition) is 1. The summed E-state index contributed by atoms with van der Waals surface area (Å²) in [5, 5.41) is 0.530. The smallest absolute Gasteiger partial charge is 0.298 e. The Bertz CT molecular complexity index is 542. The molecule has 1 aromatic carbocycles. The van der Waals surface area contributed by atoms with E-state index in [-0.39, 0.29) is 0 Å². The summed E-state index contributed by atoms with van der Waals surface area (Å²) in [4.78, 5) is 4.32. The van der Waals surface area contributed by atoms with Gasteiger partial charge in [-0.3, -0.25) is 0 Å². The fraction of sp³-hybridized carbons (Fsp3) is 0.385. The Kier molecular flexibility index (Phi) is 4.70. The molecule has 5 nitrogen and oxygen atoms in total. The first-order valence-corrected chi connectivity index (χ1v) is 6.91. The lowest BCUT2D eigenvalue weighted by Gasteiger charge is -2.09. The molecule has 0 amide bonds. The van der Waals surface area contributed by atoms with E-state index in [9.17, 15) is 0 Å². The zero-order valence-electron chi connectivity index (χ0n) is 11.0. The van der Waals surface area contributed by atoms with E-state index in [1.54, 1.807) is 7.11 Å². The van der Waals surface area contributed by atoms with Crippen molar-refractivity contribution in [1.82, 2.24) is 9.36 Å². The van der Waals surface area contributed by atoms with Crippen molar-refractivity contribution in [2.75, 3.05) is 7.11 Å². The van der Waals surface area contributed by atoms with Crippen molar-refractivity contribution < 1.29 is 9.47 Å². The largest absolute Gasteiger partial charge is 0.493 e. The van der Waals surface area contributed by atoms with Crippen molar-refractivity contribution in [1.29, 1.82) is 0 Å². The van der Waals surface area contributed by atoms with E-state index in [0.717, 1.165) is 24.2 Å². The lowest BCUT2D eigenvalue weighted by Crippen LogP contribution is -1.98. The van der Waals surface area contributed by atoms with Crippen LogP contribution in [0, 0.1) is 0 Å². The van der Waals surface area contributed by atoms with Gasteiger partial charge in [-0.2, -0.15) is 9.36 Å². The molecule has 19 heavy (non-hydrogen) atoms. The third kappa shape index (κ3) is 3.42. The zero-order chi connectivity index (χ0) is 13.7. The van der Waals surface area contributed by atoms with Gasteiger partial charge in [-0.15, -0.1) is 0 Å². The summed E-state index contributed by atoms with van der Waals surface area (Å²) >= 11 is 1.25. The Balaban J connectivity index is 2.17. The molecular weight excluding hydrogens is 262 g/mol. The normalized spacial score (nSPS) is 10.5. The highest BCUT2D eigenvalue weighted by Gasteiger charge is 2.10. The quantitative estimate of drug-likeness (QED) is 0.880. The highest BCUT2D eigenvalue weighted by atomic mass is 32.1. The van der Waals surface area contributed by atoms with Crippen molar-refractivity contribution in [3.8, 4) is 16.7 Å². The van der Waals surface area contributed by atoms with E-state index in [0.29, 0.717) is 23.2 Å². The van der Waals surface area contributed by atoms with Crippen LogP contribution in [-0.2, 0) is 13.0 Å². The Morgan fingerprint density at radius 2 is 2.16 bits per heavy atom. The molecule has 0 radical (unpaired) electrons. The minimum atomic E-state index is 0.468. The molecule has 0 aliphatic heterocycles. The van der Waals surface area contributed by atoms with E-state index in [4.69, 9.17) is 15.2 Å². The second kappa shape index (κ2) is 6.49. The van der Waals surface area contributed by atoms with Crippen molar-refractivity contribution in [2.45, 2.75) is 26.3 Å². The van der Waals surface area contributed by atoms with Crippen molar-refractivity contribution in [3.05, 3.63) is 29.6 Å². The van der Waals surface area contributed by atoms with Crippen LogP contribution in [0.4, 0.5) is 0 Å². The first-order chi connectivity index (χ1) is 9.26. The van der Waals surface area contributed by atoms with Crippen LogP contribution in [0.5, 0.6) is 16.7 Å². The van der Waals surface area contributed by atoms with Gasteiger partial charge in [0.2, 0.25) is 0 Å². The molecule has 0 bridgehead atoms. The molecule has 0 spiro atoms. The summed E-state index contributed by atoms with van der Waals surface area (Å²) in [6.45, 7) is 2.56. The number of nitrogens with zero attached hydrogens (tertiary/aromatic N) is 2. The monoisotopic (exact) mass is 279 g/mol. The van der Waals surface area contributed by atoms with Crippen molar-refractivity contribution in [2.24, 2.45) is 5.73 Å². The molecule has 102 valence electrons. The Morgan fingerprint density at radius 3 is 2.84 bits per heavy atom. The van der Waals surface area contributed by atoms with Gasteiger partial charge in [0.25, 0.3) is 5.19 Å². The predicted molar refractivity (Wildman–Crippen MR) is 74.9 cm³/mol. The summed E-state index contributed by atoms with van der Waals surface area (Å²) in [6, 6.07) is 5.61. The van der Waals surface area contributed by atoms with E-state index < -0.39 is 0 Å². The van der Waals surface area contributed by atoms with Crippen LogP contribution < -0.4 is 15.2 Å². The Labute approximate surface area is 116 Å². The van der Waals surface area contributed by atoms with Gasteiger partial charge in [0.15, 0.2) is 11.5 Å². The van der Waals surface area contributed by atoms with Crippen LogP contribution in [0.15, 0.2) is 18.2 Å². The fourth-order valence-electron chi connectivity index (χ4n) is 1.62. The van der Waals surface area contributed by atoms with Gasteiger partial charge >= 0.3 is 0 Å². The Morgan fingerprint density at radius 1 is 1.32 bits per heavy atom. The van der Waals surface area contributed by atoms with Crippen molar-refractivity contribution >= 4 is 11.5 Å². The van der Waals surface area contributed by atoms with E-state index >= 15 is 0 Å². The second-order valence-corrected chi connectivity index (χ2v) is 4.73. The zero-order valence-corrected chi connectivity index (χ0v) is 11.9. The van der Waals surface area contributed by atoms with E-state index in [2.05, 4.69) is 16.3 Å². The summed E-state index contributed by atoms with van der Waals surface area (Å²) < 4.78 is 15.2. The van der Waals surface area contributed by atoms with Crippen LogP contribution in [0.1, 0.15) is 24.7 Å². The van der Waals surface area contributed by atoms with Crippen LogP contribution in [-0.4, -0.2) is 16.5 Å². The summed E-state index contributed by atoms with van der Waals surface area (Å²) in [6.07, 6.45) is 1.88. The predicted octanol–water partition coefficient (Wildman–Crippen LogP) is 2.75. The number of benzene rings is 1. The average molecular weight is 279 g/mol. The molecule has 0 unspecified atom stereocenters. The van der Waals surface area contributed by atoms with Gasteiger partial charge in [-0.1, -0.05) is 13.0 Å². The summed E-state index contributed by atoms with van der Waals surface area (Å²) in [5.41, 5.74) is 6.59. The second-order valence-electron chi connectivity index (χ2n) is 4.02. The molecule has 0 fully saturated rings. The molecule has 1 heterocycles. The maximum absolute atomic E-state index is 5.71. The molecule has 2 N–H and O–H groups in total. The number of aromatic nitrogens is 2.